The van der Waals surface area contributed by atoms with Crippen LogP contribution in [0.3, 0.4) is 0 Å². The van der Waals surface area contributed by atoms with Crippen LogP contribution in [0.5, 0.6) is 0 Å². The van der Waals surface area contributed by atoms with Gasteiger partial charge in [0.15, 0.2) is 0 Å². The maximum absolute atomic E-state index is 12.6. The fourth-order valence-corrected chi connectivity index (χ4v) is 2.15. The van der Waals surface area contributed by atoms with Crippen LogP contribution < -0.4 is 10.9 Å². The Bertz CT molecular complexity index is 912. The molecule has 3 aromatic rings. The predicted molar refractivity (Wildman–Crippen MR) is 83.3 cm³/mol. The molecule has 0 aliphatic carbocycles. The van der Waals surface area contributed by atoms with Crippen LogP contribution in [0.15, 0.2) is 47.7 Å². The fourth-order valence-electron chi connectivity index (χ4n) is 2.15. The summed E-state index contributed by atoms with van der Waals surface area (Å²) in [5.74, 6) is 0. The van der Waals surface area contributed by atoms with Crippen LogP contribution in [0.2, 0.25) is 0 Å². The second-order valence-electron chi connectivity index (χ2n) is 4.84. The molecule has 0 saturated heterocycles. The van der Waals surface area contributed by atoms with Crippen molar-refractivity contribution < 1.29 is 4.39 Å². The van der Waals surface area contributed by atoms with E-state index in [4.69, 9.17) is 0 Å². The number of aryl methyl sites for hydroxylation is 1. The summed E-state index contributed by atoms with van der Waals surface area (Å²) < 4.78 is 14.0. The molecule has 0 aromatic carbocycles. The third kappa shape index (κ3) is 2.37. The lowest BCUT2D eigenvalue weighted by Gasteiger charge is -2.09. The van der Waals surface area contributed by atoms with E-state index in [0.29, 0.717) is 28.0 Å². The first-order chi connectivity index (χ1) is 10.6. The largest absolute Gasteiger partial charge is 0.355 e. The van der Waals surface area contributed by atoms with Gasteiger partial charge in [-0.1, -0.05) is 6.58 Å². The molecule has 0 radical (unpaired) electrons. The number of nitrogens with zero attached hydrogens (tertiary/aromatic N) is 3. The van der Waals surface area contributed by atoms with Crippen LogP contribution in [0.4, 0.5) is 10.1 Å². The summed E-state index contributed by atoms with van der Waals surface area (Å²) >= 11 is 0. The van der Waals surface area contributed by atoms with Crippen LogP contribution in [-0.2, 0) is 7.05 Å². The third-order valence-electron chi connectivity index (χ3n) is 3.27. The molecule has 0 aliphatic rings. The summed E-state index contributed by atoms with van der Waals surface area (Å²) in [6, 6.07) is 5.19. The van der Waals surface area contributed by atoms with Crippen LogP contribution in [0, 0.1) is 0 Å². The summed E-state index contributed by atoms with van der Waals surface area (Å²) in [5.41, 5.74) is 2.85. The first-order valence-electron chi connectivity index (χ1n) is 6.61. The van der Waals surface area contributed by atoms with Crippen LogP contribution in [0.1, 0.15) is 0 Å². The third-order valence-corrected chi connectivity index (χ3v) is 3.27. The van der Waals surface area contributed by atoms with E-state index in [1.54, 1.807) is 37.6 Å². The fraction of sp³-hybridized carbons (Fsp3) is 0.133. The Morgan fingerprint density at radius 3 is 2.95 bits per heavy atom. The summed E-state index contributed by atoms with van der Waals surface area (Å²) in [5, 5.41) is 5.68. The Balaban J connectivity index is 2.16. The van der Waals surface area contributed by atoms with Crippen molar-refractivity contribution in [2.45, 2.75) is 0 Å². The highest BCUT2D eigenvalue weighted by Gasteiger charge is 2.11. The van der Waals surface area contributed by atoms with Crippen LogP contribution in [-0.4, -0.2) is 26.4 Å². The number of aromatic amines is 1. The van der Waals surface area contributed by atoms with Crippen LogP contribution >= 0.6 is 0 Å². The number of H-pyrrole nitrogens is 1. The minimum absolute atomic E-state index is 0.168. The highest BCUT2D eigenvalue weighted by molar-refractivity contribution is 5.89. The van der Waals surface area contributed by atoms with E-state index in [1.807, 2.05) is 0 Å². The van der Waals surface area contributed by atoms with E-state index < -0.39 is 6.67 Å². The maximum Gasteiger partial charge on any atom is 0.275 e. The average molecular weight is 299 g/mol. The van der Waals surface area contributed by atoms with Gasteiger partial charge in [0.1, 0.15) is 12.2 Å². The number of allylic oxidation sites excluding steroid dienone is 1. The van der Waals surface area contributed by atoms with Crippen molar-refractivity contribution >= 4 is 16.7 Å². The molecule has 3 aromatic heterocycles. The minimum atomic E-state index is -0.679. The number of nitrogens with one attached hydrogen (secondary N) is 2. The van der Waals surface area contributed by atoms with Crippen molar-refractivity contribution in [2.24, 2.45) is 7.05 Å². The zero-order valence-electron chi connectivity index (χ0n) is 11.9. The lowest BCUT2D eigenvalue weighted by Crippen LogP contribution is -2.13. The predicted octanol–water partition coefficient (Wildman–Crippen LogP) is 2.22. The second-order valence-corrected chi connectivity index (χ2v) is 4.84. The van der Waals surface area contributed by atoms with Gasteiger partial charge in [-0.3, -0.25) is 14.5 Å². The quantitative estimate of drug-likeness (QED) is 0.774. The topological polar surface area (TPSA) is 75.6 Å². The molecule has 2 N–H and O–H groups in total. The zero-order chi connectivity index (χ0) is 15.7. The number of halogens is 1. The molecule has 0 fully saturated rings. The Morgan fingerprint density at radius 1 is 1.45 bits per heavy atom. The number of anilines is 1. The van der Waals surface area contributed by atoms with Crippen molar-refractivity contribution in [1.82, 2.24) is 19.7 Å². The van der Waals surface area contributed by atoms with Gasteiger partial charge in [-0.2, -0.15) is 0 Å². The number of hydrogen-bond donors (Lipinski definition) is 2. The molecule has 6 nitrogen and oxygen atoms in total. The van der Waals surface area contributed by atoms with Crippen molar-refractivity contribution in [1.29, 1.82) is 0 Å². The molecule has 0 amide bonds. The van der Waals surface area contributed by atoms with Crippen molar-refractivity contribution in [3.05, 3.63) is 53.2 Å². The molecule has 0 aliphatic heterocycles. The van der Waals surface area contributed by atoms with Gasteiger partial charge in [-0.15, -0.1) is 0 Å². The molecule has 3 rings (SSSR count). The Labute approximate surface area is 125 Å². The monoisotopic (exact) mass is 299 g/mol. The smallest absolute Gasteiger partial charge is 0.275 e. The van der Waals surface area contributed by atoms with E-state index in [2.05, 4.69) is 27.0 Å². The second kappa shape index (κ2) is 5.44. The minimum Gasteiger partial charge on any atom is -0.355 e. The number of pyridine rings is 2. The summed E-state index contributed by atoms with van der Waals surface area (Å²) in [6.45, 7) is 2.90. The molecular formula is C15H14FN5O. The lowest BCUT2D eigenvalue weighted by atomic mass is 10.2. The number of alkyl halides is 1. The zero-order valence-corrected chi connectivity index (χ0v) is 11.9. The highest BCUT2D eigenvalue weighted by Crippen LogP contribution is 2.23. The van der Waals surface area contributed by atoms with E-state index in [-0.39, 0.29) is 11.3 Å². The van der Waals surface area contributed by atoms with E-state index >= 15 is 0 Å². The molecular weight excluding hydrogens is 285 g/mol. The molecule has 112 valence electrons. The van der Waals surface area contributed by atoms with E-state index in [1.165, 1.54) is 4.68 Å². The molecule has 0 unspecified atom stereocenters. The molecule has 3 heterocycles. The number of rotatable bonds is 4. The molecule has 7 heteroatoms. The van der Waals surface area contributed by atoms with Crippen LogP contribution in [0.25, 0.3) is 22.3 Å². The molecule has 0 saturated carbocycles. The molecule has 0 atom stereocenters. The van der Waals surface area contributed by atoms with E-state index in [9.17, 15) is 9.18 Å². The summed E-state index contributed by atoms with van der Waals surface area (Å²) in [7, 11) is 1.63. The van der Waals surface area contributed by atoms with Crippen molar-refractivity contribution in [2.75, 3.05) is 12.0 Å². The Kier molecular flexibility index (Phi) is 3.46. The van der Waals surface area contributed by atoms with Gasteiger partial charge in [0.05, 0.1) is 22.5 Å². The Hall–Kier alpha value is -2.96. The standard InChI is InChI=1S/C15H14FN5O/c1-9(7-16)19-13-5-6-17-12-4-3-11(20-14(12)13)10-8-18-21(2)15(10)22/h3-6,8,18H,1,7H2,2H3,(H,17,19). The van der Waals surface area contributed by atoms with Gasteiger partial charge in [-0.25, -0.2) is 9.37 Å². The normalized spacial score (nSPS) is 10.8. The summed E-state index contributed by atoms with van der Waals surface area (Å²) in [6.07, 6.45) is 3.20. The Morgan fingerprint density at radius 2 is 2.27 bits per heavy atom. The van der Waals surface area contributed by atoms with E-state index in [0.717, 1.165) is 0 Å². The van der Waals surface area contributed by atoms with Crippen molar-refractivity contribution in [3.63, 3.8) is 0 Å². The van der Waals surface area contributed by atoms with Gasteiger partial charge in [0.25, 0.3) is 5.56 Å². The van der Waals surface area contributed by atoms with Gasteiger partial charge < -0.3 is 10.4 Å². The van der Waals surface area contributed by atoms with Gasteiger partial charge in [0.2, 0.25) is 0 Å². The average Bonchev–Trinajstić information content (AvgIpc) is 2.87. The molecule has 22 heavy (non-hydrogen) atoms. The van der Waals surface area contributed by atoms with Crippen molar-refractivity contribution in [3.8, 4) is 11.3 Å². The number of fused-ring (bicyclic) bond motifs is 1. The molecule has 0 spiro atoms. The molecule has 0 bridgehead atoms. The lowest BCUT2D eigenvalue weighted by molar-refractivity contribution is 0.546. The highest BCUT2D eigenvalue weighted by atomic mass is 19.1. The first-order valence-corrected chi connectivity index (χ1v) is 6.61. The van der Waals surface area contributed by atoms with Gasteiger partial charge >= 0.3 is 0 Å². The maximum atomic E-state index is 12.6. The first kappa shape index (κ1) is 14.0. The SMILES string of the molecule is C=C(CF)Nc1ccnc2ccc(-c3c[nH]n(C)c3=O)nc12. The van der Waals surface area contributed by atoms with Gasteiger partial charge in [0, 0.05) is 25.1 Å². The number of hydrogen-bond acceptors (Lipinski definition) is 4. The van der Waals surface area contributed by atoms with Gasteiger partial charge in [-0.05, 0) is 18.2 Å². The summed E-state index contributed by atoms with van der Waals surface area (Å²) in [4.78, 5) is 20.7. The number of aromatic nitrogens is 4.